The lowest BCUT2D eigenvalue weighted by Gasteiger charge is -2.16. The maximum Gasteiger partial charge on any atom is 0.0550 e. The first-order valence-electron chi connectivity index (χ1n) is 4.52. The first-order chi connectivity index (χ1) is 5.56. The minimum absolute atomic E-state index is 0.303. The van der Waals surface area contributed by atoms with E-state index in [2.05, 4.69) is 6.92 Å². The van der Waals surface area contributed by atoms with Crippen LogP contribution in [0.5, 0.6) is 0 Å². The van der Waals surface area contributed by atoms with Crippen molar-refractivity contribution in [3.63, 3.8) is 0 Å². The molecule has 0 bridgehead atoms. The molecule has 0 saturated carbocycles. The summed E-state index contributed by atoms with van der Waals surface area (Å²) in [5.74, 6) is 0. The van der Waals surface area contributed by atoms with Crippen LogP contribution in [0.3, 0.4) is 0 Å². The van der Waals surface area contributed by atoms with Crippen molar-refractivity contribution in [3.8, 4) is 0 Å². The average Bonchev–Trinajstić information content (AvgIpc) is 1.99. The molecule has 2 atom stereocenters. The maximum absolute atomic E-state index is 8.71. The normalized spacial score (nSPS) is 16.5. The van der Waals surface area contributed by atoms with Crippen LogP contribution in [0.2, 0.25) is 0 Å². The molecule has 0 rings (SSSR count). The van der Waals surface area contributed by atoms with Crippen molar-refractivity contribution in [1.29, 1.82) is 0 Å². The van der Waals surface area contributed by atoms with Crippen molar-refractivity contribution in [3.05, 3.63) is 0 Å². The van der Waals surface area contributed by atoms with E-state index in [1.54, 1.807) is 0 Å². The summed E-state index contributed by atoms with van der Waals surface area (Å²) in [6.07, 6.45) is 2.64. The van der Waals surface area contributed by atoms with E-state index in [-0.39, 0.29) is 0 Å². The molecule has 0 amide bonds. The Hall–Kier alpha value is 0.270. The van der Waals surface area contributed by atoms with Gasteiger partial charge in [-0.1, -0.05) is 6.92 Å². The van der Waals surface area contributed by atoms with E-state index < -0.39 is 0 Å². The number of ether oxygens (including phenoxy) is 1. The first kappa shape index (κ1) is 12.3. The van der Waals surface area contributed by atoms with Crippen LogP contribution in [-0.2, 0) is 4.74 Å². The zero-order chi connectivity index (χ0) is 9.56. The summed E-state index contributed by atoms with van der Waals surface area (Å²) in [7, 11) is 0. The number of rotatable bonds is 6. The van der Waals surface area contributed by atoms with Gasteiger partial charge in [-0.05, 0) is 45.7 Å². The van der Waals surface area contributed by atoms with Crippen molar-refractivity contribution in [2.24, 2.45) is 0 Å². The first-order valence-corrected chi connectivity index (χ1v) is 5.35. The zero-order valence-electron chi connectivity index (χ0n) is 8.41. The Morgan fingerprint density at radius 2 is 1.75 bits per heavy atom. The van der Waals surface area contributed by atoms with E-state index in [4.69, 9.17) is 9.29 Å². The lowest BCUT2D eigenvalue weighted by Crippen LogP contribution is -2.15. The molecule has 3 heteroatoms. The van der Waals surface area contributed by atoms with E-state index in [1.165, 1.54) is 0 Å². The molecule has 0 aromatic heterocycles. The summed E-state index contributed by atoms with van der Waals surface area (Å²) < 4.78 is 14.3. The molecule has 0 radical (unpaired) electrons. The van der Waals surface area contributed by atoms with Gasteiger partial charge in [-0.25, -0.2) is 0 Å². The van der Waals surface area contributed by atoms with Gasteiger partial charge in [0.05, 0.1) is 12.2 Å². The van der Waals surface area contributed by atoms with Crippen molar-refractivity contribution >= 4 is 12.0 Å². The van der Waals surface area contributed by atoms with E-state index >= 15 is 0 Å². The summed E-state index contributed by atoms with van der Waals surface area (Å²) >= 11 is 0.930. The number of hydrogen-bond donors (Lipinski definition) is 1. The molecule has 0 fully saturated rings. The van der Waals surface area contributed by atoms with Crippen LogP contribution in [0.1, 0.15) is 40.5 Å². The molecule has 2 unspecified atom stereocenters. The Balaban J connectivity index is 3.36. The van der Waals surface area contributed by atoms with Gasteiger partial charge in [-0.3, -0.25) is 0 Å². The molecular weight excluding hydrogens is 172 g/mol. The van der Waals surface area contributed by atoms with Crippen molar-refractivity contribution in [2.75, 3.05) is 0 Å². The molecule has 2 nitrogen and oxygen atoms in total. The molecule has 12 heavy (non-hydrogen) atoms. The molecule has 0 heterocycles. The van der Waals surface area contributed by atoms with Gasteiger partial charge in [0.1, 0.15) is 0 Å². The Morgan fingerprint density at radius 1 is 1.17 bits per heavy atom. The predicted molar refractivity (Wildman–Crippen MR) is 54.6 cm³/mol. The Kier molecular flexibility index (Phi) is 6.90. The fraction of sp³-hybridized carbons (Fsp3) is 1.00. The second-order valence-corrected chi connectivity index (χ2v) is 4.50. The molecule has 1 N–H and O–H groups in total. The maximum atomic E-state index is 8.71. The topological polar surface area (TPSA) is 29.5 Å². The summed E-state index contributed by atoms with van der Waals surface area (Å²) in [6, 6.07) is 0. The molecular formula is C9H20O2S. The van der Waals surface area contributed by atoms with Crippen molar-refractivity contribution in [1.82, 2.24) is 0 Å². The molecule has 0 aliphatic carbocycles. The molecule has 0 spiro atoms. The second-order valence-electron chi connectivity index (χ2n) is 3.49. The standard InChI is InChI=1S/C9H20O2S/c1-7(2)11-8(3)5-6-9(4)12-10/h7-10H,5-6H2,1-4H3. The summed E-state index contributed by atoms with van der Waals surface area (Å²) in [5.41, 5.74) is 0. The molecule has 74 valence electrons. The Bertz CT molecular complexity index is 107. The second kappa shape index (κ2) is 6.75. The van der Waals surface area contributed by atoms with Crippen LogP contribution in [0.25, 0.3) is 0 Å². The van der Waals surface area contributed by atoms with Crippen LogP contribution in [0.15, 0.2) is 0 Å². The summed E-state index contributed by atoms with van der Waals surface area (Å²) in [6.45, 7) is 8.18. The van der Waals surface area contributed by atoms with E-state index in [1.807, 2.05) is 20.8 Å². The average molecular weight is 192 g/mol. The van der Waals surface area contributed by atoms with Gasteiger partial charge >= 0.3 is 0 Å². The third-order valence-corrected chi connectivity index (χ3v) is 2.26. The molecule has 0 aliphatic rings. The number of hydrogen-bond acceptors (Lipinski definition) is 3. The van der Waals surface area contributed by atoms with E-state index in [0.717, 1.165) is 24.9 Å². The van der Waals surface area contributed by atoms with Crippen LogP contribution >= 0.6 is 12.0 Å². The smallest absolute Gasteiger partial charge is 0.0550 e. The molecule has 0 aromatic carbocycles. The minimum Gasteiger partial charge on any atom is -0.376 e. The van der Waals surface area contributed by atoms with Crippen molar-refractivity contribution < 1.29 is 9.29 Å². The quantitative estimate of drug-likeness (QED) is 0.655. The highest BCUT2D eigenvalue weighted by Gasteiger charge is 2.07. The van der Waals surface area contributed by atoms with Crippen LogP contribution < -0.4 is 0 Å². The van der Waals surface area contributed by atoms with Crippen molar-refractivity contribution in [2.45, 2.75) is 58.0 Å². The van der Waals surface area contributed by atoms with E-state index in [9.17, 15) is 0 Å². The summed E-state index contributed by atoms with van der Waals surface area (Å²) in [4.78, 5) is 0. The monoisotopic (exact) mass is 192 g/mol. The lowest BCUT2D eigenvalue weighted by atomic mass is 10.2. The zero-order valence-corrected chi connectivity index (χ0v) is 9.23. The third kappa shape index (κ3) is 6.95. The van der Waals surface area contributed by atoms with Gasteiger partial charge in [-0.15, -0.1) is 0 Å². The highest BCUT2D eigenvalue weighted by molar-refractivity contribution is 7.94. The molecule has 0 aromatic rings. The Labute approximate surface area is 79.9 Å². The van der Waals surface area contributed by atoms with Crippen LogP contribution in [0, 0.1) is 0 Å². The fourth-order valence-electron chi connectivity index (χ4n) is 1.05. The van der Waals surface area contributed by atoms with Gasteiger partial charge in [-0.2, -0.15) is 0 Å². The predicted octanol–water partition coefficient (Wildman–Crippen LogP) is 3.17. The highest BCUT2D eigenvalue weighted by atomic mass is 32.2. The third-order valence-electron chi connectivity index (χ3n) is 1.66. The van der Waals surface area contributed by atoms with Gasteiger partial charge in [0.25, 0.3) is 0 Å². The van der Waals surface area contributed by atoms with Gasteiger partial charge in [0.15, 0.2) is 0 Å². The largest absolute Gasteiger partial charge is 0.376 e. The van der Waals surface area contributed by atoms with Gasteiger partial charge in [0.2, 0.25) is 0 Å². The van der Waals surface area contributed by atoms with Gasteiger partial charge in [0, 0.05) is 5.25 Å². The minimum atomic E-state index is 0.303. The SMILES string of the molecule is CC(C)OC(C)CCC(C)SO. The fourth-order valence-corrected chi connectivity index (χ4v) is 1.30. The Morgan fingerprint density at radius 3 is 2.17 bits per heavy atom. The van der Waals surface area contributed by atoms with E-state index in [0.29, 0.717) is 17.5 Å². The van der Waals surface area contributed by atoms with Crippen LogP contribution in [0.4, 0.5) is 0 Å². The van der Waals surface area contributed by atoms with Crippen LogP contribution in [-0.4, -0.2) is 22.0 Å². The summed E-state index contributed by atoms with van der Waals surface area (Å²) in [5, 5.41) is 0.322. The van der Waals surface area contributed by atoms with Gasteiger partial charge < -0.3 is 9.29 Å². The molecule has 0 aliphatic heterocycles. The molecule has 0 saturated heterocycles. The highest BCUT2D eigenvalue weighted by Crippen LogP contribution is 2.14. The lowest BCUT2D eigenvalue weighted by molar-refractivity contribution is 0.0135.